The minimum atomic E-state index is -1.41. The molecule has 13 heteroatoms. The molecule has 0 unspecified atom stereocenters. The van der Waals surface area contributed by atoms with E-state index in [1.165, 1.54) is 9.80 Å². The van der Waals surface area contributed by atoms with Crippen LogP contribution in [-0.2, 0) is 36.4 Å². The molecule has 0 saturated heterocycles. The Bertz CT molecular complexity index is 2750. The molecule has 0 aliphatic carbocycles. The van der Waals surface area contributed by atoms with E-state index in [0.717, 1.165) is 49.8 Å². The van der Waals surface area contributed by atoms with Crippen LogP contribution < -0.4 is 0 Å². The number of aryl methyl sites for hydroxylation is 1. The molecule has 74 heavy (non-hydrogen) atoms. The highest BCUT2D eigenvalue weighted by atomic mass is 16.4. The minimum absolute atomic E-state index is 0.157. The normalized spacial score (nSPS) is 13.2. The molecule has 6 aromatic rings. The summed E-state index contributed by atoms with van der Waals surface area (Å²) in [5.41, 5.74) is 5.22. The standard InChI is InChI=1S/C61H66N4O9/c66-43-45-23-21-22-44(40-45)42-65-53(34-35-61(74,47-24-9-7-10-25-47)48-26-11-8-12-27-48)46(32-33-55(67)68)41-54(65)60(73)62(36-17-3-1-5-19-38-63-56(69)49-28-13-14-29-50(49)57(63)70)37-18-4-2-6-20-39-64-58(71)51-30-15-16-31-52(51)59(64)72/h7-16,21-31,40-41,66,74H,1-6,17-20,32-39,42-43H2,(H,67,68). The molecule has 3 heterocycles. The fourth-order valence-electron chi connectivity index (χ4n) is 10.5. The third-order valence-corrected chi connectivity index (χ3v) is 14.5. The molecule has 2 aliphatic rings. The number of carboxylic acids is 1. The molecule has 1 aromatic heterocycles. The second-order valence-corrected chi connectivity index (χ2v) is 19.5. The maximum absolute atomic E-state index is 15.3. The molecule has 3 N–H and O–H groups in total. The van der Waals surface area contributed by atoms with Crippen LogP contribution >= 0.6 is 0 Å². The summed E-state index contributed by atoms with van der Waals surface area (Å²) in [6.07, 6.45) is 8.20. The monoisotopic (exact) mass is 998 g/mol. The lowest BCUT2D eigenvalue weighted by atomic mass is 9.82. The Hall–Kier alpha value is -7.48. The molecule has 0 bridgehead atoms. The number of hydrogen-bond acceptors (Lipinski definition) is 8. The number of fused-ring (bicyclic) bond motifs is 2. The summed E-state index contributed by atoms with van der Waals surface area (Å²) in [6, 6.07) is 42.1. The van der Waals surface area contributed by atoms with E-state index >= 15 is 4.79 Å². The lowest BCUT2D eigenvalue weighted by molar-refractivity contribution is -0.137. The van der Waals surface area contributed by atoms with Gasteiger partial charge in [0.1, 0.15) is 11.3 Å². The predicted octanol–water partition coefficient (Wildman–Crippen LogP) is 9.85. The van der Waals surface area contributed by atoms with Crippen LogP contribution in [0.25, 0.3) is 0 Å². The first-order valence-corrected chi connectivity index (χ1v) is 26.1. The number of rotatable bonds is 28. The lowest BCUT2D eigenvalue weighted by Crippen LogP contribution is -2.35. The van der Waals surface area contributed by atoms with Crippen LogP contribution in [0.15, 0.2) is 140 Å². The SMILES string of the molecule is O=C(O)CCc1cc(C(=O)N(CCCCCCCN2C(=O)c3ccccc3C2=O)CCCCCCCN2C(=O)c3ccccc3C2=O)n(Cc2cccc(CO)c2)c1CCC(O)(c1ccccc1)c1ccccc1. The molecular formula is C61H66N4O9. The van der Waals surface area contributed by atoms with Gasteiger partial charge in [0.2, 0.25) is 0 Å². The van der Waals surface area contributed by atoms with Crippen molar-refractivity contribution in [3.05, 3.63) is 201 Å². The van der Waals surface area contributed by atoms with Crippen molar-refractivity contribution in [3.63, 3.8) is 0 Å². The van der Waals surface area contributed by atoms with Crippen LogP contribution in [0.1, 0.15) is 162 Å². The fraction of sp³-hybridized carbons (Fsp3) is 0.344. The van der Waals surface area contributed by atoms with Gasteiger partial charge in [0.25, 0.3) is 29.5 Å². The molecule has 2 aliphatic heterocycles. The average molecular weight is 999 g/mol. The number of imide groups is 2. The van der Waals surface area contributed by atoms with Crippen LogP contribution in [0.5, 0.6) is 0 Å². The maximum Gasteiger partial charge on any atom is 0.303 e. The number of carbonyl (C=O) groups excluding carboxylic acids is 5. The number of amides is 5. The summed E-state index contributed by atoms with van der Waals surface area (Å²) in [6.45, 7) is 1.71. The van der Waals surface area contributed by atoms with E-state index in [-0.39, 0.29) is 62.0 Å². The second-order valence-electron chi connectivity index (χ2n) is 19.5. The zero-order chi connectivity index (χ0) is 52.0. The Morgan fingerprint density at radius 2 is 0.959 bits per heavy atom. The van der Waals surface area contributed by atoms with Crippen LogP contribution in [0.3, 0.4) is 0 Å². The zero-order valence-corrected chi connectivity index (χ0v) is 42.0. The van der Waals surface area contributed by atoms with Crippen molar-refractivity contribution in [1.82, 2.24) is 19.3 Å². The van der Waals surface area contributed by atoms with Gasteiger partial charge >= 0.3 is 5.97 Å². The molecule has 8 rings (SSSR count). The number of unbranched alkanes of at least 4 members (excludes halogenated alkanes) is 8. The molecule has 0 spiro atoms. The molecule has 0 atom stereocenters. The summed E-state index contributed by atoms with van der Waals surface area (Å²) < 4.78 is 1.98. The Labute approximate surface area is 433 Å². The van der Waals surface area contributed by atoms with Crippen molar-refractivity contribution in [2.75, 3.05) is 26.2 Å². The lowest BCUT2D eigenvalue weighted by Gasteiger charge is -2.30. The van der Waals surface area contributed by atoms with E-state index in [1.807, 2.05) is 100 Å². The molecule has 0 radical (unpaired) electrons. The molecule has 5 amide bonds. The minimum Gasteiger partial charge on any atom is -0.481 e. The number of aliphatic hydroxyl groups is 2. The van der Waals surface area contributed by atoms with Crippen molar-refractivity contribution in [3.8, 4) is 0 Å². The topological polar surface area (TPSA) is 178 Å². The van der Waals surface area contributed by atoms with Crippen molar-refractivity contribution in [1.29, 1.82) is 0 Å². The molecule has 5 aromatic carbocycles. The quantitative estimate of drug-likeness (QED) is 0.0319. The largest absolute Gasteiger partial charge is 0.481 e. The van der Waals surface area contributed by atoms with E-state index in [2.05, 4.69) is 0 Å². The van der Waals surface area contributed by atoms with E-state index in [4.69, 9.17) is 0 Å². The maximum atomic E-state index is 15.3. The Kier molecular flexibility index (Phi) is 17.8. The van der Waals surface area contributed by atoms with E-state index in [9.17, 15) is 39.3 Å². The first-order valence-electron chi connectivity index (χ1n) is 26.1. The van der Waals surface area contributed by atoms with E-state index < -0.39 is 11.6 Å². The number of nitrogens with zero attached hydrogens (tertiary/aromatic N) is 4. The highest BCUT2D eigenvalue weighted by Gasteiger charge is 2.36. The number of carbonyl (C=O) groups is 6. The number of carboxylic acid groups (broad SMARTS) is 1. The summed E-state index contributed by atoms with van der Waals surface area (Å²) >= 11 is 0. The number of aliphatic carboxylic acids is 1. The molecule has 0 saturated carbocycles. The van der Waals surface area contributed by atoms with Gasteiger partial charge < -0.3 is 24.8 Å². The smallest absolute Gasteiger partial charge is 0.303 e. The van der Waals surface area contributed by atoms with Crippen molar-refractivity contribution >= 4 is 35.5 Å². The van der Waals surface area contributed by atoms with E-state index in [0.29, 0.717) is 108 Å². The predicted molar refractivity (Wildman–Crippen MR) is 282 cm³/mol. The van der Waals surface area contributed by atoms with Crippen LogP contribution in [0.4, 0.5) is 0 Å². The van der Waals surface area contributed by atoms with Gasteiger partial charge in [0.05, 0.1) is 28.9 Å². The third-order valence-electron chi connectivity index (χ3n) is 14.5. The summed E-state index contributed by atoms with van der Waals surface area (Å²) in [7, 11) is 0. The van der Waals surface area contributed by atoms with Crippen molar-refractivity contribution in [2.45, 2.75) is 109 Å². The summed E-state index contributed by atoms with van der Waals surface area (Å²) in [5, 5.41) is 32.8. The van der Waals surface area contributed by atoms with Crippen LogP contribution in [-0.4, -0.2) is 96.3 Å². The zero-order valence-electron chi connectivity index (χ0n) is 42.0. The molecular weight excluding hydrogens is 933 g/mol. The van der Waals surface area contributed by atoms with Gasteiger partial charge in [0, 0.05) is 44.8 Å². The number of benzene rings is 5. The average Bonchev–Trinajstić information content (AvgIpc) is 3.99. The summed E-state index contributed by atoms with van der Waals surface area (Å²) in [5.74, 6) is -2.19. The Morgan fingerprint density at radius 3 is 1.43 bits per heavy atom. The van der Waals surface area contributed by atoms with Gasteiger partial charge in [-0.25, -0.2) is 0 Å². The van der Waals surface area contributed by atoms with Crippen LogP contribution in [0.2, 0.25) is 0 Å². The first-order chi connectivity index (χ1) is 36.0. The third kappa shape index (κ3) is 12.3. The van der Waals surface area contributed by atoms with Gasteiger partial charge in [-0.1, -0.05) is 148 Å². The number of aromatic nitrogens is 1. The highest BCUT2D eigenvalue weighted by Crippen LogP contribution is 2.36. The van der Waals surface area contributed by atoms with Gasteiger partial charge in [-0.2, -0.15) is 0 Å². The van der Waals surface area contributed by atoms with Gasteiger partial charge in [-0.3, -0.25) is 38.6 Å². The Morgan fingerprint density at radius 1 is 0.514 bits per heavy atom. The highest BCUT2D eigenvalue weighted by molar-refractivity contribution is 6.22. The molecule has 13 nitrogen and oxygen atoms in total. The Balaban J connectivity index is 1.01. The van der Waals surface area contributed by atoms with Gasteiger partial charge in [0.15, 0.2) is 0 Å². The van der Waals surface area contributed by atoms with Gasteiger partial charge in [-0.05, 0) is 103 Å². The fourth-order valence-corrected chi connectivity index (χ4v) is 10.5. The second kappa shape index (κ2) is 25.0. The first kappa shape index (κ1) is 52.8. The van der Waals surface area contributed by atoms with E-state index in [1.54, 1.807) is 48.5 Å². The van der Waals surface area contributed by atoms with Crippen molar-refractivity contribution < 1.29 is 44.1 Å². The number of hydrogen-bond donors (Lipinski definition) is 3. The molecule has 384 valence electrons. The van der Waals surface area contributed by atoms with Crippen molar-refractivity contribution in [2.24, 2.45) is 0 Å². The van der Waals surface area contributed by atoms with Crippen LogP contribution in [0, 0.1) is 0 Å². The summed E-state index contributed by atoms with van der Waals surface area (Å²) in [4.78, 5) is 83.8. The van der Waals surface area contributed by atoms with Gasteiger partial charge in [-0.15, -0.1) is 0 Å². The number of aliphatic hydroxyl groups excluding tert-OH is 1. The molecule has 0 fully saturated rings.